The molecular formula is C17H30N4O6. The predicted molar refractivity (Wildman–Crippen MR) is 96.4 cm³/mol. The number of hydrogen-bond acceptors (Lipinski definition) is 6. The van der Waals surface area contributed by atoms with Gasteiger partial charge in [0.05, 0.1) is 6.61 Å². The highest BCUT2D eigenvalue weighted by Crippen LogP contribution is 2.20. The number of hydrogen-bond donors (Lipinski definition) is 5. The quantitative estimate of drug-likeness (QED) is 0.319. The maximum atomic E-state index is 13.0. The summed E-state index contributed by atoms with van der Waals surface area (Å²) in [4.78, 5) is 49.7. The molecule has 4 unspecified atom stereocenters. The number of aliphatic hydroxyl groups is 1. The number of amides is 3. The molecule has 3 amide bonds. The van der Waals surface area contributed by atoms with Crippen molar-refractivity contribution in [3.05, 3.63) is 0 Å². The highest BCUT2D eigenvalue weighted by molar-refractivity contribution is 5.94. The molecule has 0 bridgehead atoms. The lowest BCUT2D eigenvalue weighted by Crippen LogP contribution is -2.57. The van der Waals surface area contributed by atoms with E-state index in [-0.39, 0.29) is 5.92 Å². The second-order valence-corrected chi connectivity index (χ2v) is 7.24. The first-order valence-corrected chi connectivity index (χ1v) is 9.08. The van der Waals surface area contributed by atoms with Crippen molar-refractivity contribution in [3.63, 3.8) is 0 Å². The third-order valence-corrected chi connectivity index (χ3v) is 4.42. The Balaban J connectivity index is 2.90. The molecule has 10 heteroatoms. The number of likely N-dealkylation sites (tertiary alicyclic amines) is 1. The van der Waals surface area contributed by atoms with Crippen LogP contribution in [0.3, 0.4) is 0 Å². The van der Waals surface area contributed by atoms with Crippen LogP contribution in [0, 0.1) is 5.92 Å². The molecule has 10 nitrogen and oxygen atoms in total. The fraction of sp³-hybridized carbons (Fsp3) is 0.765. The third-order valence-electron chi connectivity index (χ3n) is 4.42. The zero-order chi connectivity index (χ0) is 20.7. The van der Waals surface area contributed by atoms with Gasteiger partial charge in [-0.1, -0.05) is 13.8 Å². The Morgan fingerprint density at radius 2 is 1.81 bits per heavy atom. The van der Waals surface area contributed by atoms with Crippen molar-refractivity contribution in [2.75, 3.05) is 13.2 Å². The predicted octanol–water partition coefficient (Wildman–Crippen LogP) is -1.58. The molecule has 27 heavy (non-hydrogen) atoms. The molecule has 0 aromatic carbocycles. The zero-order valence-corrected chi connectivity index (χ0v) is 16.0. The van der Waals surface area contributed by atoms with Crippen LogP contribution < -0.4 is 16.4 Å². The van der Waals surface area contributed by atoms with Gasteiger partial charge in [-0.25, -0.2) is 0 Å². The van der Waals surface area contributed by atoms with Gasteiger partial charge in [-0.15, -0.1) is 0 Å². The van der Waals surface area contributed by atoms with E-state index in [1.165, 1.54) is 11.8 Å². The number of rotatable bonds is 9. The molecule has 1 saturated heterocycles. The average Bonchev–Trinajstić information content (AvgIpc) is 3.08. The maximum absolute atomic E-state index is 13.0. The van der Waals surface area contributed by atoms with Crippen LogP contribution in [0.5, 0.6) is 0 Å². The summed E-state index contributed by atoms with van der Waals surface area (Å²) in [5.41, 5.74) is 5.50. The van der Waals surface area contributed by atoms with Crippen LogP contribution >= 0.6 is 0 Å². The van der Waals surface area contributed by atoms with E-state index in [0.29, 0.717) is 25.8 Å². The molecule has 0 aromatic heterocycles. The largest absolute Gasteiger partial charge is 0.480 e. The zero-order valence-electron chi connectivity index (χ0n) is 16.0. The molecule has 1 fully saturated rings. The van der Waals surface area contributed by atoms with Crippen molar-refractivity contribution in [2.24, 2.45) is 11.7 Å². The van der Waals surface area contributed by atoms with E-state index in [4.69, 9.17) is 15.9 Å². The second kappa shape index (κ2) is 10.2. The minimum Gasteiger partial charge on any atom is -0.480 e. The number of nitrogens with zero attached hydrogens (tertiary/aromatic N) is 1. The van der Waals surface area contributed by atoms with Crippen molar-refractivity contribution in [1.29, 1.82) is 0 Å². The van der Waals surface area contributed by atoms with Crippen molar-refractivity contribution in [1.82, 2.24) is 15.5 Å². The number of carboxylic acid groups (broad SMARTS) is 1. The third kappa shape index (κ3) is 6.47. The number of aliphatic carboxylic acids is 1. The first-order chi connectivity index (χ1) is 12.6. The van der Waals surface area contributed by atoms with Gasteiger partial charge in [0.25, 0.3) is 0 Å². The molecule has 1 aliphatic heterocycles. The number of carbonyl (C=O) groups is 4. The minimum absolute atomic E-state index is 0.0894. The summed E-state index contributed by atoms with van der Waals surface area (Å²) in [6.45, 7) is 4.92. The van der Waals surface area contributed by atoms with Gasteiger partial charge in [-0.05, 0) is 32.1 Å². The topological polar surface area (TPSA) is 162 Å². The maximum Gasteiger partial charge on any atom is 0.325 e. The van der Waals surface area contributed by atoms with E-state index in [9.17, 15) is 19.2 Å². The van der Waals surface area contributed by atoms with Crippen molar-refractivity contribution in [3.8, 4) is 0 Å². The van der Waals surface area contributed by atoms with Gasteiger partial charge in [-0.3, -0.25) is 19.2 Å². The van der Waals surface area contributed by atoms with Crippen LogP contribution in [0.25, 0.3) is 0 Å². The molecule has 1 aliphatic rings. The smallest absolute Gasteiger partial charge is 0.325 e. The van der Waals surface area contributed by atoms with Crippen molar-refractivity contribution in [2.45, 2.75) is 64.2 Å². The van der Waals surface area contributed by atoms with E-state index in [1.807, 2.05) is 13.8 Å². The highest BCUT2D eigenvalue weighted by atomic mass is 16.4. The summed E-state index contributed by atoms with van der Waals surface area (Å²) in [7, 11) is 0. The fourth-order valence-electron chi connectivity index (χ4n) is 2.93. The molecule has 1 rings (SSSR count). The molecule has 0 aromatic rings. The molecule has 154 valence electrons. The van der Waals surface area contributed by atoms with Gasteiger partial charge in [-0.2, -0.15) is 0 Å². The molecule has 0 radical (unpaired) electrons. The lowest BCUT2D eigenvalue weighted by atomic mass is 10.0. The fourth-order valence-corrected chi connectivity index (χ4v) is 2.93. The number of nitrogens with two attached hydrogens (primary N) is 1. The van der Waals surface area contributed by atoms with Gasteiger partial charge < -0.3 is 31.5 Å². The summed E-state index contributed by atoms with van der Waals surface area (Å²) >= 11 is 0. The van der Waals surface area contributed by atoms with E-state index >= 15 is 0 Å². The summed E-state index contributed by atoms with van der Waals surface area (Å²) in [5, 5.41) is 22.9. The first kappa shape index (κ1) is 22.8. The lowest BCUT2D eigenvalue weighted by molar-refractivity contribution is -0.144. The van der Waals surface area contributed by atoms with Crippen LogP contribution in [-0.4, -0.2) is 76.1 Å². The number of carboxylic acids is 1. The molecular weight excluding hydrogens is 356 g/mol. The van der Waals surface area contributed by atoms with Gasteiger partial charge in [0.2, 0.25) is 17.7 Å². The normalized spacial score (nSPS) is 20.1. The Labute approximate surface area is 158 Å². The summed E-state index contributed by atoms with van der Waals surface area (Å²) < 4.78 is 0. The SMILES string of the molecule is CC(C)CC(NC(=O)C(N)CO)C(=O)N1CCCC1C(=O)NC(C)C(=O)O. The first-order valence-electron chi connectivity index (χ1n) is 9.08. The number of nitrogens with one attached hydrogen (secondary N) is 2. The van der Waals surface area contributed by atoms with Crippen molar-refractivity contribution >= 4 is 23.7 Å². The molecule has 0 aliphatic carbocycles. The molecule has 6 N–H and O–H groups in total. The number of aliphatic hydroxyl groups excluding tert-OH is 1. The Morgan fingerprint density at radius 1 is 1.19 bits per heavy atom. The molecule has 1 heterocycles. The lowest BCUT2D eigenvalue weighted by Gasteiger charge is -2.30. The standard InChI is InChI=1S/C17H30N4O6/c1-9(2)7-12(20-14(23)11(18)8-22)16(25)21-6-4-5-13(21)15(24)19-10(3)17(26)27/h9-13,22H,4-8,18H2,1-3H3,(H,19,24)(H,20,23)(H,26,27). The van der Waals surface area contributed by atoms with E-state index < -0.39 is 54.5 Å². The highest BCUT2D eigenvalue weighted by Gasteiger charge is 2.38. The summed E-state index contributed by atoms with van der Waals surface area (Å²) in [6, 6.07) is -3.86. The Kier molecular flexibility index (Phi) is 8.64. The van der Waals surface area contributed by atoms with E-state index in [0.717, 1.165) is 0 Å². The van der Waals surface area contributed by atoms with Crippen LogP contribution in [0.4, 0.5) is 0 Å². The van der Waals surface area contributed by atoms with Gasteiger partial charge in [0, 0.05) is 6.54 Å². The molecule has 4 atom stereocenters. The Hall–Kier alpha value is -2.20. The second-order valence-electron chi connectivity index (χ2n) is 7.24. The monoisotopic (exact) mass is 386 g/mol. The summed E-state index contributed by atoms with van der Waals surface area (Å²) in [5.74, 6) is -2.66. The van der Waals surface area contributed by atoms with E-state index in [1.54, 1.807) is 0 Å². The Bertz CT molecular complexity index is 568. The molecule has 0 saturated carbocycles. The van der Waals surface area contributed by atoms with Crippen LogP contribution in [0.2, 0.25) is 0 Å². The Morgan fingerprint density at radius 3 is 2.33 bits per heavy atom. The van der Waals surface area contributed by atoms with Gasteiger partial charge in [0.15, 0.2) is 0 Å². The van der Waals surface area contributed by atoms with Crippen LogP contribution in [0.1, 0.15) is 40.0 Å². The minimum atomic E-state index is -1.16. The summed E-state index contributed by atoms with van der Waals surface area (Å²) in [6.07, 6.45) is 1.37. The average molecular weight is 386 g/mol. The van der Waals surface area contributed by atoms with Crippen LogP contribution in [-0.2, 0) is 19.2 Å². The van der Waals surface area contributed by atoms with E-state index in [2.05, 4.69) is 10.6 Å². The number of carbonyl (C=O) groups excluding carboxylic acids is 3. The van der Waals surface area contributed by atoms with Crippen LogP contribution in [0.15, 0.2) is 0 Å². The van der Waals surface area contributed by atoms with Gasteiger partial charge in [0.1, 0.15) is 24.2 Å². The van der Waals surface area contributed by atoms with Gasteiger partial charge >= 0.3 is 5.97 Å². The molecule has 0 spiro atoms. The van der Waals surface area contributed by atoms with Crippen molar-refractivity contribution < 1.29 is 29.4 Å².